The van der Waals surface area contributed by atoms with Gasteiger partial charge in [-0.05, 0) is 31.2 Å². The van der Waals surface area contributed by atoms with Crippen LogP contribution in [-0.4, -0.2) is 20.9 Å². The van der Waals surface area contributed by atoms with Gasteiger partial charge in [-0.1, -0.05) is 30.3 Å². The Labute approximate surface area is 116 Å². The fourth-order valence-corrected chi connectivity index (χ4v) is 1.97. The molecule has 1 aromatic heterocycles. The molecule has 5 nitrogen and oxygen atoms in total. The Kier molecular flexibility index (Phi) is 3.16. The average Bonchev–Trinajstić information content (AvgIpc) is 2.92. The molecule has 0 spiro atoms. The van der Waals surface area contributed by atoms with Gasteiger partial charge in [0.1, 0.15) is 17.2 Å². The predicted octanol–water partition coefficient (Wildman–Crippen LogP) is 2.38. The first-order valence-electron chi connectivity index (χ1n) is 6.41. The number of hydrogen-bond acceptors (Lipinski definition) is 3. The van der Waals surface area contributed by atoms with Gasteiger partial charge in [-0.3, -0.25) is 4.79 Å². The van der Waals surface area contributed by atoms with Crippen LogP contribution in [0.15, 0.2) is 54.6 Å². The number of nitrogens with zero attached hydrogens (tertiary/aromatic N) is 3. The van der Waals surface area contributed by atoms with E-state index in [9.17, 15) is 4.79 Å². The Morgan fingerprint density at radius 2 is 1.55 bits per heavy atom. The monoisotopic (exact) mass is 266 g/mol. The van der Waals surface area contributed by atoms with Crippen molar-refractivity contribution in [3.63, 3.8) is 0 Å². The summed E-state index contributed by atoms with van der Waals surface area (Å²) >= 11 is 0. The first-order valence-corrected chi connectivity index (χ1v) is 6.41. The summed E-state index contributed by atoms with van der Waals surface area (Å²) in [7, 11) is 0. The fraction of sp³-hybridized carbons (Fsp3) is 0.133. The van der Waals surface area contributed by atoms with E-state index in [0.29, 0.717) is 5.56 Å². The number of carbonyl (C=O) groups excluding carboxylic acids is 1. The molecule has 3 rings (SSSR count). The van der Waals surface area contributed by atoms with Crippen molar-refractivity contribution in [2.45, 2.75) is 13.1 Å². The average molecular weight is 266 g/mol. The molecule has 2 aromatic carbocycles. The lowest BCUT2D eigenvalue weighted by atomic mass is 10.2. The number of fused-ring (bicyclic) bond motifs is 1. The van der Waals surface area contributed by atoms with Crippen LogP contribution in [0.4, 0.5) is 0 Å². The summed E-state index contributed by atoms with van der Waals surface area (Å²) in [5, 5.41) is 11.6. The van der Waals surface area contributed by atoms with E-state index in [1.54, 1.807) is 12.1 Å². The van der Waals surface area contributed by atoms with E-state index in [1.165, 1.54) is 4.80 Å². The van der Waals surface area contributed by atoms with E-state index >= 15 is 0 Å². The standard InChI is InChI=1S/C15H14N4O/c1-11(16-15(20)12-7-3-2-4-8-12)19-17-13-9-5-6-10-14(13)18-19/h2-11H,1H3,(H,16,20). The summed E-state index contributed by atoms with van der Waals surface area (Å²) in [6.07, 6.45) is -0.310. The second-order valence-electron chi connectivity index (χ2n) is 4.52. The van der Waals surface area contributed by atoms with Crippen LogP contribution in [0.3, 0.4) is 0 Å². The van der Waals surface area contributed by atoms with E-state index in [0.717, 1.165) is 11.0 Å². The minimum atomic E-state index is -0.310. The van der Waals surface area contributed by atoms with Gasteiger partial charge in [0, 0.05) is 5.56 Å². The highest BCUT2D eigenvalue weighted by Gasteiger charge is 2.13. The summed E-state index contributed by atoms with van der Waals surface area (Å²) < 4.78 is 0. The molecule has 1 unspecified atom stereocenters. The largest absolute Gasteiger partial charge is 0.329 e. The van der Waals surface area contributed by atoms with Gasteiger partial charge in [-0.15, -0.1) is 0 Å². The molecular formula is C15H14N4O. The smallest absolute Gasteiger partial charge is 0.252 e. The number of carbonyl (C=O) groups is 1. The minimum absolute atomic E-state index is 0.139. The molecule has 5 heteroatoms. The van der Waals surface area contributed by atoms with Gasteiger partial charge < -0.3 is 5.32 Å². The van der Waals surface area contributed by atoms with Crippen molar-refractivity contribution in [1.29, 1.82) is 0 Å². The summed E-state index contributed by atoms with van der Waals surface area (Å²) in [5.74, 6) is -0.139. The van der Waals surface area contributed by atoms with Crippen molar-refractivity contribution in [3.8, 4) is 0 Å². The highest BCUT2D eigenvalue weighted by molar-refractivity contribution is 5.94. The van der Waals surface area contributed by atoms with Crippen LogP contribution in [0.5, 0.6) is 0 Å². The molecule has 0 aliphatic heterocycles. The summed E-state index contributed by atoms with van der Waals surface area (Å²) in [4.78, 5) is 13.6. The zero-order valence-corrected chi connectivity index (χ0v) is 11.0. The van der Waals surface area contributed by atoms with E-state index < -0.39 is 0 Å². The number of benzene rings is 2. The van der Waals surface area contributed by atoms with Gasteiger partial charge in [-0.25, -0.2) is 0 Å². The predicted molar refractivity (Wildman–Crippen MR) is 76.1 cm³/mol. The number of aromatic nitrogens is 3. The van der Waals surface area contributed by atoms with Crippen LogP contribution >= 0.6 is 0 Å². The SMILES string of the molecule is CC(NC(=O)c1ccccc1)n1nc2ccccc2n1. The molecule has 0 aliphatic rings. The van der Waals surface area contributed by atoms with Crippen LogP contribution in [-0.2, 0) is 0 Å². The first kappa shape index (κ1) is 12.3. The van der Waals surface area contributed by atoms with Gasteiger partial charge in [0.05, 0.1) is 0 Å². The first-order chi connectivity index (χ1) is 9.74. The zero-order chi connectivity index (χ0) is 13.9. The van der Waals surface area contributed by atoms with Crippen LogP contribution in [0, 0.1) is 0 Å². The van der Waals surface area contributed by atoms with Crippen molar-refractivity contribution in [2.24, 2.45) is 0 Å². The zero-order valence-electron chi connectivity index (χ0n) is 11.0. The lowest BCUT2D eigenvalue weighted by Gasteiger charge is -2.12. The molecule has 0 fully saturated rings. The van der Waals surface area contributed by atoms with Gasteiger partial charge in [0.25, 0.3) is 5.91 Å². The van der Waals surface area contributed by atoms with Crippen molar-refractivity contribution in [1.82, 2.24) is 20.3 Å². The molecule has 0 aliphatic carbocycles. The summed E-state index contributed by atoms with van der Waals surface area (Å²) in [5.41, 5.74) is 2.25. The van der Waals surface area contributed by atoms with Gasteiger partial charge >= 0.3 is 0 Å². The third-order valence-corrected chi connectivity index (χ3v) is 3.02. The number of rotatable bonds is 3. The third-order valence-electron chi connectivity index (χ3n) is 3.02. The Bertz CT molecular complexity index is 703. The Morgan fingerprint density at radius 1 is 1.00 bits per heavy atom. The van der Waals surface area contributed by atoms with Crippen molar-refractivity contribution in [2.75, 3.05) is 0 Å². The third kappa shape index (κ3) is 2.38. The van der Waals surface area contributed by atoms with Crippen molar-refractivity contribution >= 4 is 16.9 Å². The molecule has 1 atom stereocenters. The lowest BCUT2D eigenvalue weighted by molar-refractivity contribution is 0.0917. The van der Waals surface area contributed by atoms with Gasteiger partial charge in [-0.2, -0.15) is 15.0 Å². The molecule has 1 N–H and O–H groups in total. The highest BCUT2D eigenvalue weighted by atomic mass is 16.1. The van der Waals surface area contributed by atoms with Crippen LogP contribution in [0.2, 0.25) is 0 Å². The van der Waals surface area contributed by atoms with Gasteiger partial charge in [0.2, 0.25) is 0 Å². The number of amides is 1. The van der Waals surface area contributed by atoms with E-state index in [-0.39, 0.29) is 12.1 Å². The quantitative estimate of drug-likeness (QED) is 0.791. The maximum Gasteiger partial charge on any atom is 0.252 e. The van der Waals surface area contributed by atoms with Crippen molar-refractivity contribution in [3.05, 3.63) is 60.2 Å². The Hall–Kier alpha value is -2.69. The number of hydrogen-bond donors (Lipinski definition) is 1. The maximum atomic E-state index is 12.1. The Morgan fingerprint density at radius 3 is 2.15 bits per heavy atom. The number of nitrogens with one attached hydrogen (secondary N) is 1. The Balaban J connectivity index is 1.79. The molecule has 1 amide bonds. The highest BCUT2D eigenvalue weighted by Crippen LogP contribution is 2.10. The van der Waals surface area contributed by atoms with Gasteiger partial charge in [0.15, 0.2) is 0 Å². The van der Waals surface area contributed by atoms with E-state index in [2.05, 4.69) is 15.5 Å². The second kappa shape index (κ2) is 5.13. The van der Waals surface area contributed by atoms with Crippen molar-refractivity contribution < 1.29 is 4.79 Å². The fourth-order valence-electron chi connectivity index (χ4n) is 1.97. The van der Waals surface area contributed by atoms with E-state index in [4.69, 9.17) is 0 Å². The molecule has 0 radical (unpaired) electrons. The van der Waals surface area contributed by atoms with Crippen LogP contribution in [0.25, 0.3) is 11.0 Å². The molecule has 0 saturated carbocycles. The molecule has 20 heavy (non-hydrogen) atoms. The summed E-state index contributed by atoms with van der Waals surface area (Å²) in [6, 6.07) is 16.7. The topological polar surface area (TPSA) is 59.8 Å². The molecule has 1 heterocycles. The molecule has 100 valence electrons. The van der Waals surface area contributed by atoms with E-state index in [1.807, 2.05) is 49.4 Å². The lowest BCUT2D eigenvalue weighted by Crippen LogP contribution is -2.31. The molecular weight excluding hydrogens is 252 g/mol. The molecule has 0 bridgehead atoms. The molecule has 0 saturated heterocycles. The summed E-state index contributed by atoms with van der Waals surface area (Å²) in [6.45, 7) is 1.85. The maximum absolute atomic E-state index is 12.1. The minimum Gasteiger partial charge on any atom is -0.329 e. The second-order valence-corrected chi connectivity index (χ2v) is 4.52. The molecule has 3 aromatic rings. The normalized spacial score (nSPS) is 12.2. The van der Waals surface area contributed by atoms with Crippen LogP contribution < -0.4 is 5.32 Å². The van der Waals surface area contributed by atoms with Crippen LogP contribution in [0.1, 0.15) is 23.4 Å².